The SMILES string of the molecule is C1=CC=CC=CC=C1.Cl.Cl. The maximum Gasteiger partial charge on any atom is -0.0623 e. The van der Waals surface area contributed by atoms with Crippen LogP contribution in [0.15, 0.2) is 48.6 Å². The fourth-order valence-corrected chi connectivity index (χ4v) is 0.513. The van der Waals surface area contributed by atoms with E-state index in [1.54, 1.807) is 0 Å². The van der Waals surface area contributed by atoms with Gasteiger partial charge in [-0.05, 0) is 0 Å². The van der Waals surface area contributed by atoms with Crippen molar-refractivity contribution in [2.75, 3.05) is 0 Å². The van der Waals surface area contributed by atoms with Crippen LogP contribution in [0.25, 0.3) is 0 Å². The molecule has 0 bridgehead atoms. The largest absolute Gasteiger partial charge is 0.147 e. The Kier molecular flexibility index (Phi) is 10.5. The first kappa shape index (κ1) is 12.2. The number of halogens is 2. The van der Waals surface area contributed by atoms with Crippen LogP contribution in [-0.4, -0.2) is 0 Å². The van der Waals surface area contributed by atoms with Crippen molar-refractivity contribution in [1.82, 2.24) is 0 Å². The van der Waals surface area contributed by atoms with Crippen molar-refractivity contribution in [3.05, 3.63) is 48.6 Å². The van der Waals surface area contributed by atoms with E-state index in [9.17, 15) is 0 Å². The van der Waals surface area contributed by atoms with E-state index in [0.717, 1.165) is 0 Å². The third kappa shape index (κ3) is 5.67. The highest BCUT2D eigenvalue weighted by atomic mass is 35.5. The van der Waals surface area contributed by atoms with Gasteiger partial charge in [-0.1, -0.05) is 48.6 Å². The monoisotopic (exact) mass is 176 g/mol. The first-order valence-electron chi connectivity index (χ1n) is 2.67. The van der Waals surface area contributed by atoms with Crippen LogP contribution in [0.2, 0.25) is 0 Å². The fourth-order valence-electron chi connectivity index (χ4n) is 0.513. The van der Waals surface area contributed by atoms with E-state index in [0.29, 0.717) is 0 Å². The lowest BCUT2D eigenvalue weighted by Gasteiger charge is -1.77. The molecule has 0 unspecified atom stereocenters. The second-order valence-electron chi connectivity index (χ2n) is 1.54. The maximum atomic E-state index is 2.00. The minimum Gasteiger partial charge on any atom is -0.147 e. The fraction of sp³-hybridized carbons (Fsp3) is 0. The van der Waals surface area contributed by atoms with Crippen molar-refractivity contribution in [1.29, 1.82) is 0 Å². The molecule has 10 heavy (non-hydrogen) atoms. The van der Waals surface area contributed by atoms with Gasteiger partial charge >= 0.3 is 0 Å². The Labute approximate surface area is 73.8 Å². The van der Waals surface area contributed by atoms with E-state index >= 15 is 0 Å². The molecule has 0 spiro atoms. The predicted octanol–water partition coefficient (Wildman–Crippen LogP) is 3.07. The van der Waals surface area contributed by atoms with Gasteiger partial charge in [0.05, 0.1) is 0 Å². The molecule has 0 saturated heterocycles. The molecule has 0 amide bonds. The van der Waals surface area contributed by atoms with E-state index in [-0.39, 0.29) is 24.8 Å². The molecule has 0 saturated carbocycles. The van der Waals surface area contributed by atoms with E-state index in [1.807, 2.05) is 48.6 Å². The summed E-state index contributed by atoms with van der Waals surface area (Å²) >= 11 is 0. The van der Waals surface area contributed by atoms with Crippen molar-refractivity contribution in [3.8, 4) is 0 Å². The Hall–Kier alpha value is -0.460. The minimum atomic E-state index is 0. The van der Waals surface area contributed by atoms with Crippen molar-refractivity contribution >= 4 is 24.8 Å². The van der Waals surface area contributed by atoms with Gasteiger partial charge in [-0.2, -0.15) is 0 Å². The van der Waals surface area contributed by atoms with E-state index in [1.165, 1.54) is 0 Å². The van der Waals surface area contributed by atoms with Crippen molar-refractivity contribution in [2.45, 2.75) is 0 Å². The van der Waals surface area contributed by atoms with Crippen molar-refractivity contribution < 1.29 is 0 Å². The highest BCUT2D eigenvalue weighted by molar-refractivity contribution is 5.85. The summed E-state index contributed by atoms with van der Waals surface area (Å²) in [4.78, 5) is 0. The number of allylic oxidation sites excluding steroid dienone is 8. The number of hydrogen-bond acceptors (Lipinski definition) is 0. The zero-order valence-corrected chi connectivity index (χ0v) is 7.07. The molecule has 56 valence electrons. The molecule has 0 aromatic carbocycles. The quantitative estimate of drug-likeness (QED) is 0.533. The van der Waals surface area contributed by atoms with E-state index in [4.69, 9.17) is 0 Å². The third-order valence-electron chi connectivity index (χ3n) is 0.889. The average molecular weight is 177 g/mol. The summed E-state index contributed by atoms with van der Waals surface area (Å²) in [7, 11) is 0. The second kappa shape index (κ2) is 8.54. The van der Waals surface area contributed by atoms with Crippen LogP contribution < -0.4 is 0 Å². The summed E-state index contributed by atoms with van der Waals surface area (Å²) in [5.74, 6) is 0. The van der Waals surface area contributed by atoms with Crippen molar-refractivity contribution in [3.63, 3.8) is 0 Å². The van der Waals surface area contributed by atoms with Crippen LogP contribution in [-0.2, 0) is 0 Å². The predicted molar refractivity (Wildman–Crippen MR) is 51.1 cm³/mol. The maximum absolute atomic E-state index is 2.00. The summed E-state index contributed by atoms with van der Waals surface area (Å²) in [5.41, 5.74) is 0. The standard InChI is InChI=1S/C8H8.2ClH/c1-2-4-6-8-7-5-3-1;;/h1-8H;2*1H. The zero-order chi connectivity index (χ0) is 5.66. The molecular formula is C8H10Cl2. The van der Waals surface area contributed by atoms with Gasteiger partial charge in [-0.3, -0.25) is 0 Å². The summed E-state index contributed by atoms with van der Waals surface area (Å²) < 4.78 is 0. The molecule has 0 radical (unpaired) electrons. The van der Waals surface area contributed by atoms with Crippen LogP contribution in [0, 0.1) is 0 Å². The minimum absolute atomic E-state index is 0. The highest BCUT2D eigenvalue weighted by Crippen LogP contribution is 1.87. The first-order valence-corrected chi connectivity index (χ1v) is 2.67. The van der Waals surface area contributed by atoms with Gasteiger partial charge in [0.15, 0.2) is 0 Å². The lowest BCUT2D eigenvalue weighted by molar-refractivity contribution is 1.81. The zero-order valence-electron chi connectivity index (χ0n) is 5.44. The van der Waals surface area contributed by atoms with Crippen LogP contribution in [0.1, 0.15) is 0 Å². The molecular weight excluding hydrogens is 167 g/mol. The van der Waals surface area contributed by atoms with Gasteiger partial charge in [0, 0.05) is 0 Å². The molecule has 0 nitrogen and oxygen atoms in total. The molecule has 0 aromatic rings. The molecule has 0 fully saturated rings. The van der Waals surface area contributed by atoms with Crippen LogP contribution >= 0.6 is 24.8 Å². The van der Waals surface area contributed by atoms with Gasteiger partial charge in [-0.15, -0.1) is 24.8 Å². The second-order valence-corrected chi connectivity index (χ2v) is 1.54. The van der Waals surface area contributed by atoms with E-state index < -0.39 is 0 Å². The lowest BCUT2D eigenvalue weighted by atomic mass is 10.3. The smallest absolute Gasteiger partial charge is 0.0623 e. The summed E-state index contributed by atoms with van der Waals surface area (Å²) in [6.45, 7) is 0. The molecule has 0 N–H and O–H groups in total. The van der Waals surface area contributed by atoms with Crippen LogP contribution in [0.5, 0.6) is 0 Å². The van der Waals surface area contributed by atoms with Gasteiger partial charge < -0.3 is 0 Å². The molecule has 1 aliphatic carbocycles. The molecule has 0 aromatic heterocycles. The number of hydrogen-bond donors (Lipinski definition) is 0. The molecule has 1 rings (SSSR count). The summed E-state index contributed by atoms with van der Waals surface area (Å²) in [6.07, 6.45) is 16.0. The van der Waals surface area contributed by atoms with Crippen LogP contribution in [0.3, 0.4) is 0 Å². The number of rotatable bonds is 0. The summed E-state index contributed by atoms with van der Waals surface area (Å²) in [6, 6.07) is 0. The van der Waals surface area contributed by atoms with Crippen molar-refractivity contribution in [2.24, 2.45) is 0 Å². The van der Waals surface area contributed by atoms with Crippen LogP contribution in [0.4, 0.5) is 0 Å². The first-order chi connectivity index (χ1) is 4.00. The highest BCUT2D eigenvalue weighted by Gasteiger charge is 1.65. The summed E-state index contributed by atoms with van der Waals surface area (Å²) in [5, 5.41) is 0. The Morgan fingerprint density at radius 2 is 0.400 bits per heavy atom. The van der Waals surface area contributed by atoms with Gasteiger partial charge in [-0.25, -0.2) is 0 Å². The normalized spacial score (nSPS) is 12.8. The topological polar surface area (TPSA) is 0 Å². The Balaban J connectivity index is 0. The molecule has 0 atom stereocenters. The molecule has 2 heteroatoms. The Morgan fingerprint density at radius 3 is 0.500 bits per heavy atom. The Bertz CT molecular complexity index is 108. The van der Waals surface area contributed by atoms with Gasteiger partial charge in [0.2, 0.25) is 0 Å². The van der Waals surface area contributed by atoms with Gasteiger partial charge in [0.1, 0.15) is 0 Å². The van der Waals surface area contributed by atoms with Gasteiger partial charge in [0.25, 0.3) is 0 Å². The average Bonchev–Trinajstić information content (AvgIpc) is 1.62. The van der Waals surface area contributed by atoms with E-state index in [2.05, 4.69) is 0 Å². The molecule has 0 heterocycles. The molecule has 0 aliphatic heterocycles. The molecule has 1 aliphatic rings. The Morgan fingerprint density at radius 1 is 0.300 bits per heavy atom. The lowest BCUT2D eigenvalue weighted by Crippen LogP contribution is -1.55. The third-order valence-corrected chi connectivity index (χ3v) is 0.889.